The van der Waals surface area contributed by atoms with Crippen LogP contribution >= 0.6 is 11.3 Å². The van der Waals surface area contributed by atoms with Gasteiger partial charge < -0.3 is 10.1 Å². The van der Waals surface area contributed by atoms with Gasteiger partial charge in [-0.25, -0.2) is 9.78 Å². The van der Waals surface area contributed by atoms with Crippen molar-refractivity contribution in [1.29, 1.82) is 0 Å². The summed E-state index contributed by atoms with van der Waals surface area (Å²) in [5.41, 5.74) is 1.67. The number of thiazole rings is 1. The number of hydrogen-bond acceptors (Lipinski definition) is 5. The number of ether oxygens (including phenoxy) is 1. The third-order valence-corrected chi connectivity index (χ3v) is 3.17. The van der Waals surface area contributed by atoms with E-state index < -0.39 is 0 Å². The van der Waals surface area contributed by atoms with Gasteiger partial charge in [0.25, 0.3) is 0 Å². The predicted molar refractivity (Wildman–Crippen MR) is 73.6 cm³/mol. The Balaban J connectivity index is 2.11. The predicted octanol–water partition coefficient (Wildman–Crippen LogP) is 3.18. The quantitative estimate of drug-likeness (QED) is 0.679. The van der Waals surface area contributed by atoms with Crippen molar-refractivity contribution in [3.05, 3.63) is 36.0 Å². The van der Waals surface area contributed by atoms with Gasteiger partial charge in [-0.3, -0.25) is 0 Å². The number of nitrogens with zero attached hydrogens (tertiary/aromatic N) is 1. The highest BCUT2D eigenvalue weighted by molar-refractivity contribution is 7.22. The van der Waals surface area contributed by atoms with Crippen LogP contribution in [0, 0.1) is 0 Å². The van der Waals surface area contributed by atoms with Gasteiger partial charge in [-0.05, 0) is 26.0 Å². The first-order chi connectivity index (χ1) is 8.69. The summed E-state index contributed by atoms with van der Waals surface area (Å²) in [4.78, 5) is 15.7. The molecular formula is C13H14N2O2S. The fraction of sp³-hybridized carbons (Fsp3) is 0.231. The lowest BCUT2D eigenvalue weighted by atomic mass is 10.3. The van der Waals surface area contributed by atoms with Crippen molar-refractivity contribution < 1.29 is 9.53 Å². The van der Waals surface area contributed by atoms with Crippen molar-refractivity contribution in [1.82, 2.24) is 4.98 Å². The van der Waals surface area contributed by atoms with Crippen molar-refractivity contribution in [2.45, 2.75) is 13.8 Å². The van der Waals surface area contributed by atoms with Crippen LogP contribution in [0.3, 0.4) is 0 Å². The zero-order valence-electron chi connectivity index (χ0n) is 10.3. The molecule has 1 aromatic carbocycles. The molecule has 2 aromatic rings. The molecule has 0 atom stereocenters. The van der Waals surface area contributed by atoms with E-state index in [0.717, 1.165) is 15.3 Å². The molecule has 1 heterocycles. The molecule has 18 heavy (non-hydrogen) atoms. The largest absolute Gasteiger partial charge is 0.463 e. The SMILES string of the molecule is CCOC(=O)/C=C(/C)Nc1nc2ccccc2s1. The maximum atomic E-state index is 11.3. The molecule has 0 radical (unpaired) electrons. The lowest BCUT2D eigenvalue weighted by Crippen LogP contribution is -2.04. The summed E-state index contributed by atoms with van der Waals surface area (Å²) in [6, 6.07) is 7.91. The molecule has 0 saturated carbocycles. The number of anilines is 1. The number of esters is 1. The Hall–Kier alpha value is -1.88. The summed E-state index contributed by atoms with van der Waals surface area (Å²) < 4.78 is 5.95. The standard InChI is InChI=1S/C13H14N2O2S/c1-3-17-12(16)8-9(2)14-13-15-10-6-4-5-7-11(10)18-13/h4-8H,3H2,1-2H3,(H,14,15)/b9-8-. The third-order valence-electron chi connectivity index (χ3n) is 2.22. The van der Waals surface area contributed by atoms with Crippen LogP contribution in [0.4, 0.5) is 5.13 Å². The van der Waals surface area contributed by atoms with Gasteiger partial charge >= 0.3 is 5.97 Å². The van der Waals surface area contributed by atoms with E-state index in [4.69, 9.17) is 4.74 Å². The van der Waals surface area contributed by atoms with Gasteiger partial charge in [0.05, 0.1) is 16.8 Å². The van der Waals surface area contributed by atoms with Crippen LogP contribution in [0.15, 0.2) is 36.0 Å². The molecule has 1 aromatic heterocycles. The molecule has 0 aliphatic carbocycles. The molecule has 2 rings (SSSR count). The van der Waals surface area contributed by atoms with Gasteiger partial charge in [0, 0.05) is 11.8 Å². The number of hydrogen-bond donors (Lipinski definition) is 1. The highest BCUT2D eigenvalue weighted by Gasteiger charge is 2.04. The molecule has 0 aliphatic rings. The van der Waals surface area contributed by atoms with Gasteiger partial charge in [-0.1, -0.05) is 23.5 Å². The van der Waals surface area contributed by atoms with Gasteiger partial charge in [-0.15, -0.1) is 0 Å². The topological polar surface area (TPSA) is 51.2 Å². The smallest absolute Gasteiger partial charge is 0.332 e. The maximum Gasteiger partial charge on any atom is 0.332 e. The van der Waals surface area contributed by atoms with E-state index in [-0.39, 0.29) is 5.97 Å². The van der Waals surface area contributed by atoms with E-state index in [1.54, 1.807) is 18.3 Å². The molecule has 0 fully saturated rings. The number of rotatable bonds is 4. The zero-order chi connectivity index (χ0) is 13.0. The number of nitrogens with one attached hydrogen (secondary N) is 1. The monoisotopic (exact) mass is 262 g/mol. The average Bonchev–Trinajstić information content (AvgIpc) is 2.70. The van der Waals surface area contributed by atoms with Gasteiger partial charge in [0.15, 0.2) is 5.13 Å². The minimum Gasteiger partial charge on any atom is -0.463 e. The van der Waals surface area contributed by atoms with E-state index in [9.17, 15) is 4.79 Å². The maximum absolute atomic E-state index is 11.3. The van der Waals surface area contributed by atoms with E-state index in [2.05, 4.69) is 10.3 Å². The van der Waals surface area contributed by atoms with E-state index in [1.165, 1.54) is 6.08 Å². The number of carbonyl (C=O) groups is 1. The molecule has 0 spiro atoms. The first-order valence-corrected chi connectivity index (χ1v) is 6.48. The number of fused-ring (bicyclic) bond motifs is 1. The highest BCUT2D eigenvalue weighted by atomic mass is 32.1. The summed E-state index contributed by atoms with van der Waals surface area (Å²) in [6.07, 6.45) is 1.43. The Bertz CT molecular complexity index is 556. The molecule has 0 saturated heterocycles. The Kier molecular flexibility index (Phi) is 3.94. The van der Waals surface area contributed by atoms with E-state index >= 15 is 0 Å². The van der Waals surface area contributed by atoms with E-state index in [1.807, 2.05) is 31.2 Å². The van der Waals surface area contributed by atoms with Crippen molar-refractivity contribution in [2.75, 3.05) is 11.9 Å². The van der Waals surface area contributed by atoms with Crippen LogP contribution in [-0.4, -0.2) is 17.6 Å². The summed E-state index contributed by atoms with van der Waals surface area (Å²) in [7, 11) is 0. The average molecular weight is 262 g/mol. The molecule has 5 heteroatoms. The second-order valence-electron chi connectivity index (χ2n) is 3.69. The lowest BCUT2D eigenvalue weighted by molar-refractivity contribution is -0.137. The van der Waals surface area contributed by atoms with Crippen molar-refractivity contribution in [2.24, 2.45) is 0 Å². The van der Waals surface area contributed by atoms with Crippen molar-refractivity contribution >= 4 is 32.7 Å². The Labute approximate surface area is 109 Å². The minimum atomic E-state index is -0.344. The van der Waals surface area contributed by atoms with Crippen LogP contribution in [0.2, 0.25) is 0 Å². The second-order valence-corrected chi connectivity index (χ2v) is 4.72. The van der Waals surface area contributed by atoms with Crippen LogP contribution in [0.25, 0.3) is 10.2 Å². The van der Waals surface area contributed by atoms with Gasteiger partial charge in [0.2, 0.25) is 0 Å². The van der Waals surface area contributed by atoms with Gasteiger partial charge in [-0.2, -0.15) is 0 Å². The zero-order valence-corrected chi connectivity index (χ0v) is 11.1. The van der Waals surface area contributed by atoms with Crippen molar-refractivity contribution in [3.63, 3.8) is 0 Å². The number of aromatic nitrogens is 1. The van der Waals surface area contributed by atoms with Crippen LogP contribution in [0.5, 0.6) is 0 Å². The first-order valence-electron chi connectivity index (χ1n) is 5.66. The molecular weight excluding hydrogens is 248 g/mol. The lowest BCUT2D eigenvalue weighted by Gasteiger charge is -2.01. The third kappa shape index (κ3) is 3.07. The van der Waals surface area contributed by atoms with Crippen LogP contribution < -0.4 is 5.32 Å². The molecule has 0 amide bonds. The van der Waals surface area contributed by atoms with Gasteiger partial charge in [0.1, 0.15) is 0 Å². The molecule has 0 unspecified atom stereocenters. The first kappa shape index (κ1) is 12.6. The number of allylic oxidation sites excluding steroid dienone is 1. The number of benzene rings is 1. The minimum absolute atomic E-state index is 0.344. The molecule has 0 aliphatic heterocycles. The van der Waals surface area contributed by atoms with Crippen LogP contribution in [-0.2, 0) is 9.53 Å². The molecule has 0 bridgehead atoms. The second kappa shape index (κ2) is 5.64. The number of carbonyl (C=O) groups excluding carboxylic acids is 1. The summed E-state index contributed by atoms with van der Waals surface area (Å²) in [5.74, 6) is -0.344. The van der Waals surface area contributed by atoms with Crippen LogP contribution in [0.1, 0.15) is 13.8 Å². The van der Waals surface area contributed by atoms with E-state index in [0.29, 0.717) is 12.3 Å². The summed E-state index contributed by atoms with van der Waals surface area (Å²) >= 11 is 1.55. The number of para-hydroxylation sites is 1. The molecule has 1 N–H and O–H groups in total. The fourth-order valence-corrected chi connectivity index (χ4v) is 2.42. The Morgan fingerprint density at radius 3 is 3.00 bits per heavy atom. The summed E-state index contributed by atoms with van der Waals surface area (Å²) in [6.45, 7) is 3.97. The highest BCUT2D eigenvalue weighted by Crippen LogP contribution is 2.26. The molecule has 94 valence electrons. The Morgan fingerprint density at radius 2 is 2.28 bits per heavy atom. The normalized spacial score (nSPS) is 11.6. The molecule has 4 nitrogen and oxygen atoms in total. The summed E-state index contributed by atoms with van der Waals surface area (Å²) in [5, 5.41) is 3.86. The fourth-order valence-electron chi connectivity index (χ4n) is 1.49. The van der Waals surface area contributed by atoms with Crippen molar-refractivity contribution in [3.8, 4) is 0 Å². The Morgan fingerprint density at radius 1 is 1.50 bits per heavy atom.